The van der Waals surface area contributed by atoms with Crippen LogP contribution in [0.15, 0.2) is 54.0 Å². The van der Waals surface area contributed by atoms with Crippen LogP contribution in [-0.4, -0.2) is 38.8 Å². The molecule has 0 fully saturated rings. The Labute approximate surface area is 172 Å². The molecule has 154 valence electrons. The van der Waals surface area contributed by atoms with E-state index in [1.807, 2.05) is 6.92 Å². The number of hydrogen-bond donors (Lipinski definition) is 2. The number of nitrogens with zero attached hydrogens (tertiary/aromatic N) is 4. The summed E-state index contributed by atoms with van der Waals surface area (Å²) in [5, 5.41) is 13.3. The summed E-state index contributed by atoms with van der Waals surface area (Å²) in [4.78, 5) is 24.8. The number of ether oxygens (including phenoxy) is 1. The number of benzene rings is 1. The molecule has 9 heteroatoms. The zero-order valence-corrected chi connectivity index (χ0v) is 16.4. The maximum atomic E-state index is 14.3. The van der Waals surface area contributed by atoms with Crippen LogP contribution in [0.4, 0.5) is 4.39 Å². The molecule has 2 N–H and O–H groups in total. The fraction of sp³-hybridized carbons (Fsp3) is 0.190. The molecule has 0 aliphatic carbocycles. The van der Waals surface area contributed by atoms with Gasteiger partial charge in [-0.05, 0) is 19.9 Å². The molecule has 1 amide bonds. The number of halogens is 1. The van der Waals surface area contributed by atoms with Crippen LogP contribution >= 0.6 is 0 Å². The summed E-state index contributed by atoms with van der Waals surface area (Å²) in [5.41, 5.74) is 3.73. The minimum Gasteiger partial charge on any atom is -0.478 e. The molecule has 3 rings (SSSR count). The van der Waals surface area contributed by atoms with E-state index in [9.17, 15) is 14.3 Å². The maximum absolute atomic E-state index is 14.3. The van der Waals surface area contributed by atoms with Crippen LogP contribution < -0.4 is 10.2 Å². The molecule has 3 aromatic rings. The highest BCUT2D eigenvalue weighted by Gasteiger charge is 2.12. The lowest BCUT2D eigenvalue weighted by atomic mass is 10.1. The Morgan fingerprint density at radius 3 is 2.83 bits per heavy atom. The monoisotopic (exact) mass is 409 g/mol. The van der Waals surface area contributed by atoms with Crippen molar-refractivity contribution in [1.82, 2.24) is 20.4 Å². The van der Waals surface area contributed by atoms with Crippen LogP contribution in [0.5, 0.6) is 5.88 Å². The van der Waals surface area contributed by atoms with E-state index in [0.717, 1.165) is 6.21 Å². The number of aliphatic hydroxyl groups is 1. The Hall–Kier alpha value is -3.72. The van der Waals surface area contributed by atoms with E-state index in [0.29, 0.717) is 23.7 Å². The Morgan fingerprint density at radius 2 is 2.13 bits per heavy atom. The molecule has 0 radical (unpaired) electrons. The number of hydrazone groups is 1. The van der Waals surface area contributed by atoms with Crippen molar-refractivity contribution in [3.8, 4) is 17.1 Å². The van der Waals surface area contributed by atoms with Gasteiger partial charge in [-0.1, -0.05) is 18.2 Å². The third kappa shape index (κ3) is 5.00. The predicted octanol–water partition coefficient (Wildman–Crippen LogP) is 2.89. The highest BCUT2D eigenvalue weighted by molar-refractivity contribution is 5.93. The van der Waals surface area contributed by atoms with Crippen LogP contribution in [0.3, 0.4) is 0 Å². The Kier molecular flexibility index (Phi) is 6.76. The molecule has 1 unspecified atom stereocenters. The number of aliphatic hydroxyl groups excluding tert-OH is 1. The molecule has 8 nitrogen and oxygen atoms in total. The number of amides is 1. The van der Waals surface area contributed by atoms with Gasteiger partial charge in [0.15, 0.2) is 0 Å². The van der Waals surface area contributed by atoms with E-state index in [1.165, 1.54) is 31.5 Å². The van der Waals surface area contributed by atoms with Crippen LogP contribution in [0.1, 0.15) is 41.6 Å². The van der Waals surface area contributed by atoms with Gasteiger partial charge in [-0.15, -0.1) is 0 Å². The number of rotatable bonds is 7. The second-order valence-corrected chi connectivity index (χ2v) is 6.23. The van der Waals surface area contributed by atoms with Crippen LogP contribution in [0.2, 0.25) is 0 Å². The van der Waals surface area contributed by atoms with E-state index in [2.05, 4.69) is 25.5 Å². The van der Waals surface area contributed by atoms with Crippen molar-refractivity contribution in [2.75, 3.05) is 6.61 Å². The fourth-order valence-corrected chi connectivity index (χ4v) is 2.59. The van der Waals surface area contributed by atoms with Crippen molar-refractivity contribution < 1.29 is 19.0 Å². The van der Waals surface area contributed by atoms with Gasteiger partial charge < -0.3 is 9.84 Å². The smallest absolute Gasteiger partial charge is 0.291 e. The largest absolute Gasteiger partial charge is 0.478 e. The minimum absolute atomic E-state index is 0.0386. The number of carbonyl (C=O) groups is 1. The highest BCUT2D eigenvalue weighted by atomic mass is 19.1. The van der Waals surface area contributed by atoms with Crippen molar-refractivity contribution >= 4 is 12.1 Å². The quantitative estimate of drug-likeness (QED) is 0.459. The fourth-order valence-electron chi connectivity index (χ4n) is 2.59. The van der Waals surface area contributed by atoms with Gasteiger partial charge in [0.1, 0.15) is 11.5 Å². The molecular formula is C21H20FN5O3. The first kappa shape index (κ1) is 21.0. The van der Waals surface area contributed by atoms with E-state index in [-0.39, 0.29) is 16.8 Å². The summed E-state index contributed by atoms with van der Waals surface area (Å²) in [6, 6.07) is 8.02. The van der Waals surface area contributed by atoms with Gasteiger partial charge >= 0.3 is 0 Å². The maximum Gasteiger partial charge on any atom is 0.291 e. The van der Waals surface area contributed by atoms with Gasteiger partial charge in [0.05, 0.1) is 37.0 Å². The highest BCUT2D eigenvalue weighted by Crippen LogP contribution is 2.19. The number of aromatic nitrogens is 3. The summed E-state index contributed by atoms with van der Waals surface area (Å²) >= 11 is 0. The molecule has 1 aromatic carbocycles. The Bertz CT molecular complexity index is 1050. The first-order valence-electron chi connectivity index (χ1n) is 9.20. The van der Waals surface area contributed by atoms with Gasteiger partial charge in [-0.3, -0.25) is 9.78 Å². The predicted molar refractivity (Wildman–Crippen MR) is 109 cm³/mol. The average Bonchev–Trinajstić information content (AvgIpc) is 2.75. The second-order valence-electron chi connectivity index (χ2n) is 6.23. The van der Waals surface area contributed by atoms with Gasteiger partial charge in [0.25, 0.3) is 5.91 Å². The SMILES string of the molecule is CCOc1ccc(-c2cncc(C(=O)N/N=C/c3cccc(C(C)O)c3F)n2)cn1. The zero-order chi connectivity index (χ0) is 21.5. The van der Waals surface area contributed by atoms with E-state index >= 15 is 0 Å². The standard InChI is InChI=1S/C21H20FN5O3/c1-3-30-19-8-7-14(9-24-19)17-11-23-12-18(26-17)21(29)27-25-10-15-5-4-6-16(13(2)28)20(15)22/h4-13,28H,3H2,1-2H3,(H,27,29)/b25-10+. The minimum atomic E-state index is -0.956. The van der Waals surface area contributed by atoms with Gasteiger partial charge in [0, 0.05) is 29.0 Å². The van der Waals surface area contributed by atoms with E-state index in [4.69, 9.17) is 4.74 Å². The number of carbonyl (C=O) groups excluding carboxylic acids is 1. The first-order chi connectivity index (χ1) is 14.5. The molecule has 0 saturated carbocycles. The summed E-state index contributed by atoms with van der Waals surface area (Å²) in [6.07, 6.45) is 4.59. The van der Waals surface area contributed by atoms with Crippen molar-refractivity contribution in [3.63, 3.8) is 0 Å². The second kappa shape index (κ2) is 9.66. The average molecular weight is 409 g/mol. The third-order valence-corrected chi connectivity index (χ3v) is 4.07. The van der Waals surface area contributed by atoms with Crippen LogP contribution in [0, 0.1) is 5.82 Å². The van der Waals surface area contributed by atoms with Crippen LogP contribution in [0.25, 0.3) is 11.3 Å². The lowest BCUT2D eigenvalue weighted by molar-refractivity contribution is 0.0950. The van der Waals surface area contributed by atoms with Crippen molar-refractivity contribution in [1.29, 1.82) is 0 Å². The molecule has 0 saturated heterocycles. The van der Waals surface area contributed by atoms with E-state index < -0.39 is 17.8 Å². The molecule has 1 atom stereocenters. The molecule has 0 bridgehead atoms. The van der Waals surface area contributed by atoms with Crippen LogP contribution in [-0.2, 0) is 0 Å². The summed E-state index contributed by atoms with van der Waals surface area (Å²) in [5.74, 6) is -0.716. The topological polar surface area (TPSA) is 110 Å². The lowest BCUT2D eigenvalue weighted by Gasteiger charge is -2.07. The van der Waals surface area contributed by atoms with Crippen molar-refractivity contribution in [2.24, 2.45) is 5.10 Å². The first-order valence-corrected chi connectivity index (χ1v) is 9.20. The van der Waals surface area contributed by atoms with Crippen molar-refractivity contribution in [2.45, 2.75) is 20.0 Å². The van der Waals surface area contributed by atoms with Crippen molar-refractivity contribution in [3.05, 3.63) is 71.6 Å². The Balaban J connectivity index is 1.71. The Morgan fingerprint density at radius 1 is 1.30 bits per heavy atom. The summed E-state index contributed by atoms with van der Waals surface area (Å²) < 4.78 is 19.6. The molecular weight excluding hydrogens is 389 g/mol. The summed E-state index contributed by atoms with van der Waals surface area (Å²) in [7, 11) is 0. The molecule has 0 spiro atoms. The van der Waals surface area contributed by atoms with Gasteiger partial charge in [-0.2, -0.15) is 5.10 Å². The molecule has 2 aromatic heterocycles. The number of hydrogen-bond acceptors (Lipinski definition) is 7. The van der Waals surface area contributed by atoms with Gasteiger partial charge in [-0.25, -0.2) is 19.8 Å². The normalized spacial score (nSPS) is 12.0. The molecule has 30 heavy (non-hydrogen) atoms. The number of pyridine rings is 1. The number of nitrogens with one attached hydrogen (secondary N) is 1. The zero-order valence-electron chi connectivity index (χ0n) is 16.4. The summed E-state index contributed by atoms with van der Waals surface area (Å²) in [6.45, 7) is 3.84. The molecule has 0 aliphatic rings. The van der Waals surface area contributed by atoms with E-state index in [1.54, 1.807) is 24.4 Å². The molecule has 2 heterocycles. The molecule has 0 aliphatic heterocycles. The third-order valence-electron chi connectivity index (χ3n) is 4.07. The lowest BCUT2D eigenvalue weighted by Crippen LogP contribution is -2.19. The van der Waals surface area contributed by atoms with Gasteiger partial charge in [0.2, 0.25) is 5.88 Å².